The second-order valence-corrected chi connectivity index (χ2v) is 8.98. The molecule has 0 spiro atoms. The maximum atomic E-state index is 12.8. The summed E-state index contributed by atoms with van der Waals surface area (Å²) in [5.74, 6) is -0.977. The lowest BCUT2D eigenvalue weighted by atomic mass is 9.98. The van der Waals surface area contributed by atoms with E-state index in [2.05, 4.69) is 48.0 Å². The second-order valence-electron chi connectivity index (χ2n) is 8.98. The molecule has 4 nitrogen and oxygen atoms in total. The van der Waals surface area contributed by atoms with E-state index < -0.39 is 11.6 Å². The predicted molar refractivity (Wildman–Crippen MR) is 137 cm³/mol. The Bertz CT molecular complexity index is 1040. The number of para-hydroxylation sites is 1. The molecule has 3 aromatic rings. The second kappa shape index (κ2) is 13.0. The monoisotopic (exact) mass is 489 g/mol. The van der Waals surface area contributed by atoms with E-state index in [0.717, 1.165) is 44.4 Å². The maximum Gasteiger partial charge on any atom is 0.129 e. The van der Waals surface area contributed by atoms with Gasteiger partial charge in [0.15, 0.2) is 0 Å². The predicted octanol–water partition coefficient (Wildman–Crippen LogP) is 6.21. The summed E-state index contributed by atoms with van der Waals surface area (Å²) >= 11 is 0. The molecule has 5 rings (SSSR count). The van der Waals surface area contributed by atoms with E-state index >= 15 is 0 Å². The van der Waals surface area contributed by atoms with Gasteiger partial charge in [0.25, 0.3) is 0 Å². The van der Waals surface area contributed by atoms with Crippen LogP contribution in [0.1, 0.15) is 39.0 Å². The summed E-state index contributed by atoms with van der Waals surface area (Å²) in [5.41, 5.74) is 4.24. The van der Waals surface area contributed by atoms with Crippen molar-refractivity contribution in [3.63, 3.8) is 0 Å². The molecule has 192 valence electrons. The number of likely N-dealkylation sites (tertiary alicyclic amines) is 1. The Morgan fingerprint density at radius 2 is 1.74 bits per heavy atom. The average Bonchev–Trinajstić information content (AvgIpc) is 3.18. The SMILES string of the molecule is CC.CCN1Cc2[nH]c3ccccc3c2C[C@H]1C.FCC1CN(CCOc2cc(F)cc(F)c2)C1. The van der Waals surface area contributed by atoms with E-state index in [1.165, 1.54) is 28.6 Å². The van der Waals surface area contributed by atoms with E-state index in [4.69, 9.17) is 4.74 Å². The molecule has 0 bridgehead atoms. The fraction of sp³-hybridized carbons (Fsp3) is 0.500. The van der Waals surface area contributed by atoms with E-state index in [-0.39, 0.29) is 18.3 Å². The van der Waals surface area contributed by atoms with Gasteiger partial charge in [-0.25, -0.2) is 8.78 Å². The van der Waals surface area contributed by atoms with Gasteiger partial charge in [-0.15, -0.1) is 0 Å². The molecule has 0 radical (unpaired) electrons. The summed E-state index contributed by atoms with van der Waals surface area (Å²) in [6.07, 6.45) is 1.17. The molecule has 1 aromatic heterocycles. The van der Waals surface area contributed by atoms with Gasteiger partial charge in [-0.05, 0) is 31.5 Å². The molecule has 35 heavy (non-hydrogen) atoms. The Kier molecular flexibility index (Phi) is 10.0. The third-order valence-electron chi connectivity index (χ3n) is 6.56. The van der Waals surface area contributed by atoms with Gasteiger partial charge in [0.05, 0.1) is 6.67 Å². The lowest BCUT2D eigenvalue weighted by molar-refractivity contribution is 0.0667. The van der Waals surface area contributed by atoms with Gasteiger partial charge < -0.3 is 9.72 Å². The van der Waals surface area contributed by atoms with Crippen LogP contribution in [0.2, 0.25) is 0 Å². The van der Waals surface area contributed by atoms with Crippen LogP contribution in [0.3, 0.4) is 0 Å². The fourth-order valence-electron chi connectivity index (χ4n) is 4.69. The molecular formula is C28H38F3N3O. The number of aromatic nitrogens is 1. The lowest BCUT2D eigenvalue weighted by Crippen LogP contribution is -2.49. The molecule has 7 heteroatoms. The molecule has 1 fully saturated rings. The number of fused-ring (bicyclic) bond motifs is 3. The molecule has 1 atom stereocenters. The first kappa shape index (κ1) is 27.1. The van der Waals surface area contributed by atoms with Crippen LogP contribution in [-0.2, 0) is 13.0 Å². The quantitative estimate of drug-likeness (QED) is 0.447. The summed E-state index contributed by atoms with van der Waals surface area (Å²) in [6, 6.07) is 12.4. The summed E-state index contributed by atoms with van der Waals surface area (Å²) in [7, 11) is 0. The van der Waals surface area contributed by atoms with Crippen LogP contribution in [0.4, 0.5) is 13.2 Å². The van der Waals surface area contributed by atoms with Crippen molar-refractivity contribution in [2.75, 3.05) is 39.5 Å². The molecule has 0 saturated carbocycles. The van der Waals surface area contributed by atoms with Crippen molar-refractivity contribution in [3.05, 3.63) is 65.4 Å². The average molecular weight is 490 g/mol. The zero-order valence-electron chi connectivity index (χ0n) is 21.3. The molecule has 0 unspecified atom stereocenters. The summed E-state index contributed by atoms with van der Waals surface area (Å²) in [5, 5.41) is 1.42. The van der Waals surface area contributed by atoms with Gasteiger partial charge in [-0.2, -0.15) is 0 Å². The van der Waals surface area contributed by atoms with Crippen molar-refractivity contribution < 1.29 is 17.9 Å². The number of hydrogen-bond acceptors (Lipinski definition) is 3. The minimum atomic E-state index is -0.651. The molecule has 0 amide bonds. The van der Waals surface area contributed by atoms with Crippen LogP contribution >= 0.6 is 0 Å². The van der Waals surface area contributed by atoms with Crippen molar-refractivity contribution in [3.8, 4) is 5.75 Å². The summed E-state index contributed by atoms with van der Waals surface area (Å²) in [6.45, 7) is 13.0. The highest BCUT2D eigenvalue weighted by atomic mass is 19.1. The minimum absolute atomic E-state index is 0.140. The van der Waals surface area contributed by atoms with Crippen LogP contribution in [0.5, 0.6) is 5.75 Å². The fourth-order valence-corrected chi connectivity index (χ4v) is 4.69. The number of alkyl halides is 1. The van der Waals surface area contributed by atoms with Crippen LogP contribution in [0.25, 0.3) is 10.9 Å². The van der Waals surface area contributed by atoms with Crippen molar-refractivity contribution in [2.24, 2.45) is 5.92 Å². The molecule has 1 saturated heterocycles. The number of H-pyrrole nitrogens is 1. The minimum Gasteiger partial charge on any atom is -0.492 e. The third-order valence-corrected chi connectivity index (χ3v) is 6.56. The largest absolute Gasteiger partial charge is 0.492 e. The van der Waals surface area contributed by atoms with Gasteiger partial charge in [0.2, 0.25) is 0 Å². The Hall–Kier alpha value is -2.51. The molecule has 3 heterocycles. The van der Waals surface area contributed by atoms with Crippen molar-refractivity contribution >= 4 is 10.9 Å². The normalized spacial score (nSPS) is 18.1. The Morgan fingerprint density at radius 1 is 1.06 bits per heavy atom. The molecular weight excluding hydrogens is 451 g/mol. The van der Waals surface area contributed by atoms with Crippen molar-refractivity contribution in [1.29, 1.82) is 0 Å². The lowest BCUT2D eigenvalue weighted by Gasteiger charge is -2.37. The standard InChI is InChI=1S/C14H18N2.C12H14F3NO.C2H6/c1-3-16-9-14-12(8-10(16)2)11-6-4-5-7-13(11)15-14;13-6-9-7-16(8-9)1-2-17-12-4-10(14)3-11(15)5-12;1-2/h4-7,10,15H,3,8-9H2,1-2H3;3-5,9H,1-2,6-8H2;1-2H3/t10-;;/m1../s1. The van der Waals surface area contributed by atoms with Crippen molar-refractivity contribution in [1.82, 2.24) is 14.8 Å². The van der Waals surface area contributed by atoms with Gasteiger partial charge in [-0.1, -0.05) is 39.0 Å². The molecule has 1 N–H and O–H groups in total. The van der Waals surface area contributed by atoms with Crippen LogP contribution in [0, 0.1) is 17.6 Å². The van der Waals surface area contributed by atoms with Gasteiger partial charge in [-0.3, -0.25) is 14.2 Å². The first-order valence-corrected chi connectivity index (χ1v) is 12.7. The van der Waals surface area contributed by atoms with E-state index in [9.17, 15) is 13.2 Å². The number of ether oxygens (including phenoxy) is 1. The van der Waals surface area contributed by atoms with E-state index in [1.54, 1.807) is 0 Å². The molecule has 0 aliphatic carbocycles. The molecule has 2 aliphatic heterocycles. The number of halogens is 3. The Balaban J connectivity index is 0.000000183. The van der Waals surface area contributed by atoms with Crippen molar-refractivity contribution in [2.45, 2.75) is 46.7 Å². The molecule has 2 aliphatic rings. The number of likely N-dealkylation sites (N-methyl/N-ethyl adjacent to an activating group) is 1. The summed E-state index contributed by atoms with van der Waals surface area (Å²) < 4.78 is 43.0. The van der Waals surface area contributed by atoms with E-state index in [1.807, 2.05) is 18.7 Å². The number of benzene rings is 2. The van der Waals surface area contributed by atoms with Gasteiger partial charge in [0.1, 0.15) is 24.0 Å². The molecule has 2 aromatic carbocycles. The maximum absolute atomic E-state index is 12.8. The number of aromatic amines is 1. The first-order chi connectivity index (χ1) is 17.0. The van der Waals surface area contributed by atoms with Crippen LogP contribution in [0.15, 0.2) is 42.5 Å². The van der Waals surface area contributed by atoms with Crippen LogP contribution < -0.4 is 4.74 Å². The van der Waals surface area contributed by atoms with E-state index in [0.29, 0.717) is 19.2 Å². The van der Waals surface area contributed by atoms with Crippen LogP contribution in [-0.4, -0.2) is 60.3 Å². The summed E-state index contributed by atoms with van der Waals surface area (Å²) in [4.78, 5) is 8.13. The Morgan fingerprint density at radius 3 is 2.40 bits per heavy atom. The highest BCUT2D eigenvalue weighted by Gasteiger charge is 2.26. The Labute approximate surface area is 207 Å². The zero-order valence-corrected chi connectivity index (χ0v) is 21.3. The smallest absolute Gasteiger partial charge is 0.129 e. The highest BCUT2D eigenvalue weighted by molar-refractivity contribution is 5.84. The third kappa shape index (κ3) is 7.01. The number of nitrogens with one attached hydrogen (secondary N) is 1. The number of hydrogen-bond donors (Lipinski definition) is 1. The number of rotatable bonds is 6. The van der Waals surface area contributed by atoms with Gasteiger partial charge in [0, 0.05) is 72.9 Å². The zero-order chi connectivity index (χ0) is 25.4. The highest BCUT2D eigenvalue weighted by Crippen LogP contribution is 2.29. The topological polar surface area (TPSA) is 31.5 Å². The first-order valence-electron chi connectivity index (χ1n) is 12.7. The van der Waals surface area contributed by atoms with Gasteiger partial charge >= 0.3 is 0 Å². The number of nitrogens with zero attached hydrogens (tertiary/aromatic N) is 2.